The molecule has 0 amide bonds. The molecule has 0 N–H and O–H groups in total. The fourth-order valence-electron chi connectivity index (χ4n) is 1.83. The van der Waals surface area contributed by atoms with Gasteiger partial charge in [-0.1, -0.05) is 30.3 Å². The van der Waals surface area contributed by atoms with Crippen LogP contribution in [0.4, 0.5) is 0 Å². The number of rotatable bonds is 5. The van der Waals surface area contributed by atoms with Crippen LogP contribution < -0.4 is 0 Å². The molecule has 1 aromatic rings. The van der Waals surface area contributed by atoms with Gasteiger partial charge in [0.1, 0.15) is 0 Å². The van der Waals surface area contributed by atoms with E-state index < -0.39 is 14.8 Å². The lowest BCUT2D eigenvalue weighted by atomic mass is 10.2. The molecule has 2 rings (SSSR count). The van der Waals surface area contributed by atoms with E-state index in [0.717, 1.165) is 5.56 Å². The van der Waals surface area contributed by atoms with Crippen molar-refractivity contribution >= 4 is 10.0 Å². The van der Waals surface area contributed by atoms with Crippen molar-refractivity contribution in [3.05, 3.63) is 35.9 Å². The molecule has 0 spiro atoms. The number of sulfonamides is 1. The molecule has 106 valence electrons. The summed E-state index contributed by atoms with van der Waals surface area (Å²) in [5.74, 6) is 0. The molecule has 1 saturated heterocycles. The summed E-state index contributed by atoms with van der Waals surface area (Å²) < 4.78 is 30.6. The van der Waals surface area contributed by atoms with Crippen LogP contribution in [0.15, 0.2) is 30.3 Å². The molecular formula is C14H21NO3S. The van der Waals surface area contributed by atoms with Gasteiger partial charge in [0.25, 0.3) is 0 Å². The smallest absolute Gasteiger partial charge is 0.219 e. The van der Waals surface area contributed by atoms with E-state index in [1.807, 2.05) is 30.3 Å². The van der Waals surface area contributed by atoms with Gasteiger partial charge in [-0.2, -0.15) is 4.31 Å². The van der Waals surface area contributed by atoms with Gasteiger partial charge in [0, 0.05) is 6.54 Å². The molecule has 1 fully saturated rings. The number of hydrogen-bond acceptors (Lipinski definition) is 3. The zero-order valence-corrected chi connectivity index (χ0v) is 12.5. The molecular weight excluding hydrogens is 262 g/mol. The second-order valence-electron chi connectivity index (χ2n) is 5.84. The maximum Gasteiger partial charge on any atom is 0.219 e. The van der Waals surface area contributed by atoms with Crippen LogP contribution in [-0.4, -0.2) is 36.7 Å². The Hall–Kier alpha value is -0.910. The Balaban J connectivity index is 1.79. The quantitative estimate of drug-likeness (QED) is 0.777. The Morgan fingerprint density at radius 1 is 1.26 bits per heavy atom. The van der Waals surface area contributed by atoms with Crippen molar-refractivity contribution in [3.8, 4) is 0 Å². The summed E-state index contributed by atoms with van der Waals surface area (Å²) >= 11 is 0. The van der Waals surface area contributed by atoms with Crippen molar-refractivity contribution in [1.29, 1.82) is 0 Å². The first kappa shape index (κ1) is 14.5. The molecule has 1 aliphatic rings. The number of hydrogen-bond donors (Lipinski definition) is 0. The van der Waals surface area contributed by atoms with E-state index in [0.29, 0.717) is 19.8 Å². The van der Waals surface area contributed by atoms with E-state index in [1.54, 1.807) is 20.8 Å². The summed E-state index contributed by atoms with van der Waals surface area (Å²) in [7, 11) is -3.19. The minimum atomic E-state index is -3.19. The topological polar surface area (TPSA) is 46.4 Å². The van der Waals surface area contributed by atoms with Gasteiger partial charge in [-0.3, -0.25) is 0 Å². The van der Waals surface area contributed by atoms with Crippen LogP contribution in [-0.2, 0) is 21.4 Å². The molecule has 4 nitrogen and oxygen atoms in total. The summed E-state index contributed by atoms with van der Waals surface area (Å²) in [6.07, 6.45) is 0. The zero-order valence-electron chi connectivity index (χ0n) is 11.7. The Morgan fingerprint density at radius 2 is 1.89 bits per heavy atom. The summed E-state index contributed by atoms with van der Waals surface area (Å²) in [4.78, 5) is 0. The van der Waals surface area contributed by atoms with Gasteiger partial charge in [-0.25, -0.2) is 8.42 Å². The average molecular weight is 283 g/mol. The molecule has 5 heteroatoms. The maximum absolute atomic E-state index is 12.1. The second kappa shape index (κ2) is 5.23. The van der Waals surface area contributed by atoms with Gasteiger partial charge in [-0.15, -0.1) is 0 Å². The molecule has 1 aliphatic heterocycles. The average Bonchev–Trinajstić information content (AvgIpc) is 3.09. The molecule has 0 saturated carbocycles. The predicted molar refractivity (Wildman–Crippen MR) is 75.3 cm³/mol. The standard InChI is InChI=1S/C14H21NO3S/c1-14(2,3)19(16,17)15-9-13(15)11-18-10-12-7-5-4-6-8-12/h4-8,13H,9-11H2,1-3H3. The SMILES string of the molecule is CC(C)(C)S(=O)(=O)N1CC1COCc1ccccc1. The van der Waals surface area contributed by atoms with E-state index in [1.165, 1.54) is 4.31 Å². The Bertz CT molecular complexity index is 519. The van der Waals surface area contributed by atoms with Gasteiger partial charge in [0.2, 0.25) is 10.0 Å². The third kappa shape index (κ3) is 3.35. The highest BCUT2D eigenvalue weighted by atomic mass is 32.2. The van der Waals surface area contributed by atoms with Crippen molar-refractivity contribution in [3.63, 3.8) is 0 Å². The van der Waals surface area contributed by atoms with Crippen LogP contribution in [0, 0.1) is 0 Å². The maximum atomic E-state index is 12.1. The molecule has 19 heavy (non-hydrogen) atoms. The van der Waals surface area contributed by atoms with E-state index in [9.17, 15) is 8.42 Å². The Morgan fingerprint density at radius 3 is 2.47 bits per heavy atom. The van der Waals surface area contributed by atoms with E-state index in [4.69, 9.17) is 4.74 Å². The van der Waals surface area contributed by atoms with Gasteiger partial charge in [0.05, 0.1) is 24.0 Å². The highest BCUT2D eigenvalue weighted by Gasteiger charge is 2.48. The largest absolute Gasteiger partial charge is 0.375 e. The van der Waals surface area contributed by atoms with Crippen molar-refractivity contribution < 1.29 is 13.2 Å². The van der Waals surface area contributed by atoms with Crippen molar-refractivity contribution in [2.45, 2.75) is 38.2 Å². The first-order valence-corrected chi connectivity index (χ1v) is 7.89. The third-order valence-electron chi connectivity index (χ3n) is 3.17. The van der Waals surface area contributed by atoms with E-state index in [2.05, 4.69) is 0 Å². The third-order valence-corrected chi connectivity index (χ3v) is 5.78. The van der Waals surface area contributed by atoms with Crippen LogP contribution in [0.5, 0.6) is 0 Å². The highest BCUT2D eigenvalue weighted by Crippen LogP contribution is 2.31. The van der Waals surface area contributed by atoms with Gasteiger partial charge < -0.3 is 4.74 Å². The van der Waals surface area contributed by atoms with Crippen LogP contribution >= 0.6 is 0 Å². The second-order valence-corrected chi connectivity index (χ2v) is 8.49. The van der Waals surface area contributed by atoms with Crippen LogP contribution in [0.2, 0.25) is 0 Å². The Kier molecular flexibility index (Phi) is 3.99. The minimum absolute atomic E-state index is 0.00735. The number of ether oxygens (including phenoxy) is 1. The number of nitrogens with zero attached hydrogens (tertiary/aromatic N) is 1. The predicted octanol–water partition coefficient (Wildman–Crippen LogP) is 2.02. The highest BCUT2D eigenvalue weighted by molar-refractivity contribution is 7.90. The van der Waals surface area contributed by atoms with Crippen LogP contribution in [0.25, 0.3) is 0 Å². The molecule has 0 bridgehead atoms. The van der Waals surface area contributed by atoms with Crippen molar-refractivity contribution in [1.82, 2.24) is 4.31 Å². The van der Waals surface area contributed by atoms with Gasteiger partial charge >= 0.3 is 0 Å². The number of benzene rings is 1. The summed E-state index contributed by atoms with van der Waals surface area (Å²) in [5, 5.41) is 0. The lowest BCUT2D eigenvalue weighted by Crippen LogP contribution is -2.34. The normalized spacial score (nSPS) is 23.3. The molecule has 0 aliphatic carbocycles. The lowest BCUT2D eigenvalue weighted by Gasteiger charge is -2.20. The molecule has 0 radical (unpaired) electrons. The van der Waals surface area contributed by atoms with Crippen molar-refractivity contribution in [2.24, 2.45) is 0 Å². The van der Waals surface area contributed by atoms with Crippen LogP contribution in [0.1, 0.15) is 26.3 Å². The lowest BCUT2D eigenvalue weighted by molar-refractivity contribution is 0.119. The minimum Gasteiger partial charge on any atom is -0.375 e. The molecule has 0 aromatic heterocycles. The first-order chi connectivity index (χ1) is 8.82. The molecule has 1 heterocycles. The van der Waals surface area contributed by atoms with Gasteiger partial charge in [0.15, 0.2) is 0 Å². The fraction of sp³-hybridized carbons (Fsp3) is 0.571. The monoisotopic (exact) mass is 283 g/mol. The molecule has 2 unspecified atom stereocenters. The van der Waals surface area contributed by atoms with E-state index >= 15 is 0 Å². The van der Waals surface area contributed by atoms with Crippen LogP contribution in [0.3, 0.4) is 0 Å². The molecule has 1 aromatic carbocycles. The Labute approximate surface area is 115 Å². The summed E-state index contributed by atoms with van der Waals surface area (Å²) in [5.41, 5.74) is 1.10. The zero-order chi connectivity index (χ0) is 14.1. The summed E-state index contributed by atoms with van der Waals surface area (Å²) in [6.45, 7) is 6.74. The molecule has 2 atom stereocenters. The van der Waals surface area contributed by atoms with E-state index in [-0.39, 0.29) is 6.04 Å². The fourth-order valence-corrected chi connectivity index (χ4v) is 3.35. The summed E-state index contributed by atoms with van der Waals surface area (Å²) in [6, 6.07) is 9.89. The van der Waals surface area contributed by atoms with Crippen molar-refractivity contribution in [2.75, 3.05) is 13.2 Å². The van der Waals surface area contributed by atoms with Gasteiger partial charge in [-0.05, 0) is 26.3 Å². The first-order valence-electron chi connectivity index (χ1n) is 6.45.